The lowest BCUT2D eigenvalue weighted by molar-refractivity contribution is 0.605. The van der Waals surface area contributed by atoms with Gasteiger partial charge in [0.15, 0.2) is 0 Å². The first-order valence-corrected chi connectivity index (χ1v) is 6.93. The molecular weight excluding hydrogens is 288 g/mol. The van der Waals surface area contributed by atoms with Crippen LogP contribution in [-0.4, -0.2) is 11.0 Å². The Bertz CT molecular complexity index is 468. The van der Waals surface area contributed by atoms with Crippen LogP contribution in [0.2, 0.25) is 0 Å². The molecule has 2 N–H and O–H groups in total. The monoisotopic (exact) mass is 304 g/mol. The van der Waals surface area contributed by atoms with Gasteiger partial charge in [0.1, 0.15) is 0 Å². The summed E-state index contributed by atoms with van der Waals surface area (Å²) < 4.78 is 1.10. The van der Waals surface area contributed by atoms with Crippen LogP contribution in [0.1, 0.15) is 17.7 Å². The number of aryl methyl sites for hydroxylation is 1. The van der Waals surface area contributed by atoms with E-state index in [1.807, 2.05) is 24.4 Å². The van der Waals surface area contributed by atoms with Gasteiger partial charge in [-0.2, -0.15) is 0 Å². The van der Waals surface area contributed by atoms with Gasteiger partial charge in [0.05, 0.1) is 0 Å². The van der Waals surface area contributed by atoms with Crippen LogP contribution < -0.4 is 5.73 Å². The van der Waals surface area contributed by atoms with Gasteiger partial charge in [-0.05, 0) is 49.1 Å². The zero-order valence-electron chi connectivity index (χ0n) is 10.2. The molecule has 1 unspecified atom stereocenters. The highest BCUT2D eigenvalue weighted by molar-refractivity contribution is 9.10. The van der Waals surface area contributed by atoms with Crippen molar-refractivity contribution in [2.75, 3.05) is 0 Å². The largest absolute Gasteiger partial charge is 0.327 e. The van der Waals surface area contributed by atoms with E-state index in [0.717, 1.165) is 29.4 Å². The molecule has 0 saturated heterocycles. The van der Waals surface area contributed by atoms with Gasteiger partial charge < -0.3 is 5.73 Å². The summed E-state index contributed by atoms with van der Waals surface area (Å²) in [6, 6.07) is 14.5. The SMILES string of the molecule is NC(CCc1ccccn1)Cc1ccc(Br)cc1. The van der Waals surface area contributed by atoms with E-state index in [-0.39, 0.29) is 6.04 Å². The van der Waals surface area contributed by atoms with Gasteiger partial charge in [-0.3, -0.25) is 4.98 Å². The summed E-state index contributed by atoms with van der Waals surface area (Å²) in [5.41, 5.74) is 8.55. The highest BCUT2D eigenvalue weighted by atomic mass is 79.9. The van der Waals surface area contributed by atoms with E-state index < -0.39 is 0 Å². The van der Waals surface area contributed by atoms with Gasteiger partial charge in [0, 0.05) is 22.4 Å². The average Bonchev–Trinajstić information content (AvgIpc) is 2.40. The van der Waals surface area contributed by atoms with Crippen molar-refractivity contribution in [1.82, 2.24) is 4.98 Å². The van der Waals surface area contributed by atoms with Gasteiger partial charge in [0.2, 0.25) is 0 Å². The lowest BCUT2D eigenvalue weighted by Gasteiger charge is -2.11. The van der Waals surface area contributed by atoms with Crippen molar-refractivity contribution in [1.29, 1.82) is 0 Å². The van der Waals surface area contributed by atoms with E-state index >= 15 is 0 Å². The lowest BCUT2D eigenvalue weighted by Crippen LogP contribution is -2.23. The highest BCUT2D eigenvalue weighted by Crippen LogP contribution is 2.12. The van der Waals surface area contributed by atoms with Crippen molar-refractivity contribution < 1.29 is 0 Å². The second-order valence-corrected chi connectivity index (χ2v) is 5.37. The fourth-order valence-electron chi connectivity index (χ4n) is 1.90. The van der Waals surface area contributed by atoms with Gasteiger partial charge in [-0.1, -0.05) is 34.1 Å². The molecule has 1 atom stereocenters. The van der Waals surface area contributed by atoms with Crippen LogP contribution >= 0.6 is 15.9 Å². The average molecular weight is 305 g/mol. The molecule has 1 aromatic heterocycles. The molecular formula is C15H17BrN2. The Morgan fingerprint density at radius 3 is 2.56 bits per heavy atom. The first-order valence-electron chi connectivity index (χ1n) is 6.14. The molecule has 0 radical (unpaired) electrons. The van der Waals surface area contributed by atoms with Crippen molar-refractivity contribution in [3.05, 3.63) is 64.4 Å². The number of rotatable bonds is 5. The van der Waals surface area contributed by atoms with Gasteiger partial charge in [0.25, 0.3) is 0 Å². The third-order valence-electron chi connectivity index (χ3n) is 2.91. The van der Waals surface area contributed by atoms with Crippen LogP contribution in [0.5, 0.6) is 0 Å². The van der Waals surface area contributed by atoms with Crippen molar-refractivity contribution in [2.45, 2.75) is 25.3 Å². The number of aromatic nitrogens is 1. The molecule has 2 rings (SSSR count). The van der Waals surface area contributed by atoms with Crippen LogP contribution in [0.3, 0.4) is 0 Å². The molecule has 0 spiro atoms. The molecule has 0 bridgehead atoms. The summed E-state index contributed by atoms with van der Waals surface area (Å²) in [4.78, 5) is 4.31. The van der Waals surface area contributed by atoms with Crippen molar-refractivity contribution in [3.63, 3.8) is 0 Å². The fraction of sp³-hybridized carbons (Fsp3) is 0.267. The third-order valence-corrected chi connectivity index (χ3v) is 3.44. The number of benzene rings is 1. The molecule has 3 heteroatoms. The Labute approximate surface area is 116 Å². The number of hydrogen-bond donors (Lipinski definition) is 1. The van der Waals surface area contributed by atoms with Crippen LogP contribution in [0.15, 0.2) is 53.1 Å². The van der Waals surface area contributed by atoms with Crippen molar-refractivity contribution in [3.8, 4) is 0 Å². The standard InChI is InChI=1S/C15H17BrN2/c16-13-6-4-12(5-7-13)11-14(17)8-9-15-3-1-2-10-18-15/h1-7,10,14H,8-9,11,17H2. The topological polar surface area (TPSA) is 38.9 Å². The van der Waals surface area contributed by atoms with Crippen LogP contribution in [0, 0.1) is 0 Å². The predicted molar refractivity (Wildman–Crippen MR) is 78.4 cm³/mol. The minimum atomic E-state index is 0.188. The predicted octanol–water partition coefficient (Wildman–Crippen LogP) is 3.35. The Morgan fingerprint density at radius 1 is 1.11 bits per heavy atom. The Balaban J connectivity index is 1.82. The summed E-state index contributed by atoms with van der Waals surface area (Å²) in [5, 5.41) is 0. The maximum absolute atomic E-state index is 6.15. The van der Waals surface area contributed by atoms with E-state index in [2.05, 4.69) is 45.2 Å². The molecule has 2 aromatic rings. The van der Waals surface area contributed by atoms with Gasteiger partial charge >= 0.3 is 0 Å². The van der Waals surface area contributed by atoms with Crippen LogP contribution in [0.4, 0.5) is 0 Å². The third kappa shape index (κ3) is 4.24. The molecule has 0 saturated carbocycles. The molecule has 2 nitrogen and oxygen atoms in total. The summed E-state index contributed by atoms with van der Waals surface area (Å²) >= 11 is 3.43. The molecule has 0 fully saturated rings. The number of nitrogens with two attached hydrogens (primary N) is 1. The van der Waals surface area contributed by atoms with Crippen molar-refractivity contribution >= 4 is 15.9 Å². The van der Waals surface area contributed by atoms with Gasteiger partial charge in [-0.15, -0.1) is 0 Å². The summed E-state index contributed by atoms with van der Waals surface area (Å²) in [5.74, 6) is 0. The second-order valence-electron chi connectivity index (χ2n) is 4.45. The van der Waals surface area contributed by atoms with Gasteiger partial charge in [-0.25, -0.2) is 0 Å². The smallest absolute Gasteiger partial charge is 0.0404 e. The van der Waals surface area contributed by atoms with Crippen LogP contribution in [0.25, 0.3) is 0 Å². The van der Waals surface area contributed by atoms with E-state index in [0.29, 0.717) is 0 Å². The van der Waals surface area contributed by atoms with E-state index in [1.54, 1.807) is 0 Å². The zero-order chi connectivity index (χ0) is 12.8. The lowest BCUT2D eigenvalue weighted by atomic mass is 10.0. The molecule has 1 aromatic carbocycles. The van der Waals surface area contributed by atoms with E-state index in [1.165, 1.54) is 5.56 Å². The van der Waals surface area contributed by atoms with Crippen molar-refractivity contribution in [2.24, 2.45) is 5.73 Å². The minimum absolute atomic E-state index is 0.188. The Kier molecular flexibility index (Phi) is 4.90. The fourth-order valence-corrected chi connectivity index (χ4v) is 2.17. The zero-order valence-corrected chi connectivity index (χ0v) is 11.8. The number of halogens is 1. The molecule has 1 heterocycles. The molecule has 0 aliphatic rings. The highest BCUT2D eigenvalue weighted by Gasteiger charge is 2.05. The Morgan fingerprint density at radius 2 is 1.89 bits per heavy atom. The maximum atomic E-state index is 6.15. The first kappa shape index (κ1) is 13.2. The van der Waals surface area contributed by atoms with E-state index in [9.17, 15) is 0 Å². The first-order chi connectivity index (χ1) is 8.74. The maximum Gasteiger partial charge on any atom is 0.0404 e. The van der Waals surface area contributed by atoms with Crippen LogP contribution in [-0.2, 0) is 12.8 Å². The number of pyridine rings is 1. The number of hydrogen-bond acceptors (Lipinski definition) is 2. The summed E-state index contributed by atoms with van der Waals surface area (Å²) in [6.07, 6.45) is 4.65. The quantitative estimate of drug-likeness (QED) is 0.920. The molecule has 0 aliphatic carbocycles. The Hall–Kier alpha value is -1.19. The molecule has 94 valence electrons. The normalized spacial score (nSPS) is 12.3. The number of nitrogens with zero attached hydrogens (tertiary/aromatic N) is 1. The minimum Gasteiger partial charge on any atom is -0.327 e. The second kappa shape index (κ2) is 6.66. The molecule has 0 aliphatic heterocycles. The summed E-state index contributed by atoms with van der Waals surface area (Å²) in [6.45, 7) is 0. The summed E-state index contributed by atoms with van der Waals surface area (Å²) in [7, 11) is 0. The molecule has 0 amide bonds. The van der Waals surface area contributed by atoms with E-state index in [4.69, 9.17) is 5.73 Å². The molecule has 18 heavy (non-hydrogen) atoms.